The molecule has 0 fully saturated rings. The van der Waals surface area contributed by atoms with Gasteiger partial charge in [-0.3, -0.25) is 9.89 Å². The molecule has 138 valence electrons. The van der Waals surface area contributed by atoms with Crippen LogP contribution < -0.4 is 10.2 Å². The van der Waals surface area contributed by atoms with E-state index in [1.54, 1.807) is 37.4 Å². The van der Waals surface area contributed by atoms with Crippen LogP contribution in [0.15, 0.2) is 59.7 Å². The minimum atomic E-state index is -0.382. The first-order valence-corrected chi connectivity index (χ1v) is 8.47. The van der Waals surface area contributed by atoms with Gasteiger partial charge < -0.3 is 9.84 Å². The molecule has 3 aromatic rings. The highest BCUT2D eigenvalue weighted by Gasteiger charge is 2.11. The Balaban J connectivity index is 1.72. The molecule has 0 aliphatic rings. The lowest BCUT2D eigenvalue weighted by molar-refractivity contribution is 0.0950. The average molecular weight is 364 g/mol. The maximum Gasteiger partial charge on any atom is 0.289 e. The normalized spacial score (nSPS) is 11.3. The van der Waals surface area contributed by atoms with Crippen LogP contribution in [-0.2, 0) is 0 Å². The van der Waals surface area contributed by atoms with Crippen molar-refractivity contribution in [3.63, 3.8) is 0 Å². The molecule has 0 aliphatic carbocycles. The molecule has 2 aromatic carbocycles. The summed E-state index contributed by atoms with van der Waals surface area (Å²) in [6, 6.07) is 15.7. The van der Waals surface area contributed by atoms with Gasteiger partial charge in [0, 0.05) is 5.56 Å². The van der Waals surface area contributed by atoms with Crippen molar-refractivity contribution < 1.29 is 14.6 Å². The maximum atomic E-state index is 12.3. The monoisotopic (exact) mass is 364 g/mol. The first-order valence-electron chi connectivity index (χ1n) is 8.47. The number of methoxy groups -OCH3 is 1. The van der Waals surface area contributed by atoms with Crippen molar-refractivity contribution in [3.8, 4) is 22.8 Å². The number of carbonyl (C=O) groups is 1. The van der Waals surface area contributed by atoms with Crippen molar-refractivity contribution in [2.24, 2.45) is 5.10 Å². The van der Waals surface area contributed by atoms with E-state index in [1.807, 2.05) is 31.2 Å². The van der Waals surface area contributed by atoms with Gasteiger partial charge in [-0.05, 0) is 66.6 Å². The number of H-pyrrole nitrogens is 1. The molecule has 0 aliphatic heterocycles. The second kappa shape index (κ2) is 8.18. The number of ether oxygens (including phenoxy) is 1. The summed E-state index contributed by atoms with van der Waals surface area (Å²) >= 11 is 0. The summed E-state index contributed by atoms with van der Waals surface area (Å²) in [6.45, 7) is 1.94. The summed E-state index contributed by atoms with van der Waals surface area (Å²) in [5.74, 6) is 0.552. The molecule has 27 heavy (non-hydrogen) atoms. The van der Waals surface area contributed by atoms with Gasteiger partial charge in [-0.2, -0.15) is 10.2 Å². The molecule has 0 unspecified atom stereocenters. The van der Waals surface area contributed by atoms with E-state index in [4.69, 9.17) is 4.74 Å². The number of hydrogen-bond acceptors (Lipinski definition) is 5. The molecule has 0 bridgehead atoms. The predicted octanol–water partition coefficient (Wildman–Crippen LogP) is 3.34. The number of nitrogens with one attached hydrogen (secondary N) is 2. The van der Waals surface area contributed by atoms with Gasteiger partial charge in [-0.1, -0.05) is 6.92 Å². The molecule has 1 aromatic heterocycles. The Hall–Kier alpha value is -3.61. The maximum absolute atomic E-state index is 12.3. The standard InChI is InChI=1S/C20H20N4O3/c1-3-17(13-4-8-15(25)9-5-13)21-24-20(26)19-12-18(22-23-19)14-6-10-16(27-2)11-7-14/h4-12,25H,3H2,1-2H3,(H,22,23)(H,24,26)/b21-17+. The second-order valence-corrected chi connectivity index (χ2v) is 5.80. The molecule has 3 N–H and O–H groups in total. The van der Waals surface area contributed by atoms with Crippen molar-refractivity contribution >= 4 is 11.6 Å². The number of aromatic amines is 1. The lowest BCUT2D eigenvalue weighted by Gasteiger charge is -2.04. The summed E-state index contributed by atoms with van der Waals surface area (Å²) < 4.78 is 5.14. The zero-order valence-corrected chi connectivity index (χ0v) is 15.1. The summed E-state index contributed by atoms with van der Waals surface area (Å²) in [5, 5.41) is 20.5. The third-order valence-corrected chi connectivity index (χ3v) is 4.04. The van der Waals surface area contributed by atoms with Gasteiger partial charge in [0.1, 0.15) is 17.2 Å². The number of nitrogens with zero attached hydrogens (tertiary/aromatic N) is 2. The average Bonchev–Trinajstić information content (AvgIpc) is 3.20. The molecular formula is C20H20N4O3. The third kappa shape index (κ3) is 4.33. The van der Waals surface area contributed by atoms with Crippen LogP contribution in [0.5, 0.6) is 11.5 Å². The lowest BCUT2D eigenvalue weighted by atomic mass is 10.1. The van der Waals surface area contributed by atoms with Crippen LogP contribution in [0.25, 0.3) is 11.3 Å². The first kappa shape index (κ1) is 18.2. The second-order valence-electron chi connectivity index (χ2n) is 5.80. The Morgan fingerprint density at radius 1 is 1.19 bits per heavy atom. The van der Waals surface area contributed by atoms with Crippen LogP contribution in [0.3, 0.4) is 0 Å². The number of aromatic hydroxyl groups is 1. The van der Waals surface area contributed by atoms with E-state index in [1.165, 1.54) is 0 Å². The number of phenols is 1. The largest absolute Gasteiger partial charge is 0.508 e. The SMILES string of the molecule is CC/C(=N\NC(=O)c1cc(-c2ccc(OC)cc2)n[nH]1)c1ccc(O)cc1. The number of benzene rings is 2. The van der Waals surface area contributed by atoms with E-state index in [0.717, 1.165) is 16.9 Å². The fourth-order valence-corrected chi connectivity index (χ4v) is 2.53. The summed E-state index contributed by atoms with van der Waals surface area (Å²) in [5.41, 5.74) is 5.91. The van der Waals surface area contributed by atoms with Crippen LogP contribution in [-0.4, -0.2) is 34.0 Å². The molecule has 0 saturated carbocycles. The highest BCUT2D eigenvalue weighted by atomic mass is 16.5. The van der Waals surface area contributed by atoms with Crippen LogP contribution in [0.2, 0.25) is 0 Å². The van der Waals surface area contributed by atoms with E-state index >= 15 is 0 Å². The van der Waals surface area contributed by atoms with Crippen LogP contribution in [0, 0.1) is 0 Å². The number of hydrazone groups is 1. The molecule has 0 radical (unpaired) electrons. The van der Waals surface area contributed by atoms with Crippen LogP contribution in [0.1, 0.15) is 29.4 Å². The predicted molar refractivity (Wildman–Crippen MR) is 103 cm³/mol. The van der Waals surface area contributed by atoms with Crippen molar-refractivity contribution in [1.82, 2.24) is 15.6 Å². The number of rotatable bonds is 6. The van der Waals surface area contributed by atoms with Crippen molar-refractivity contribution in [2.75, 3.05) is 7.11 Å². The van der Waals surface area contributed by atoms with E-state index in [2.05, 4.69) is 20.7 Å². The Morgan fingerprint density at radius 2 is 1.89 bits per heavy atom. The minimum Gasteiger partial charge on any atom is -0.508 e. The lowest BCUT2D eigenvalue weighted by Crippen LogP contribution is -2.20. The molecule has 7 heteroatoms. The fourth-order valence-electron chi connectivity index (χ4n) is 2.53. The number of phenolic OH excluding ortho intramolecular Hbond substituents is 1. The van der Waals surface area contributed by atoms with E-state index in [-0.39, 0.29) is 11.7 Å². The van der Waals surface area contributed by atoms with Crippen molar-refractivity contribution in [2.45, 2.75) is 13.3 Å². The summed E-state index contributed by atoms with van der Waals surface area (Å²) in [7, 11) is 1.61. The topological polar surface area (TPSA) is 99.6 Å². The molecule has 3 rings (SSSR count). The van der Waals surface area contributed by atoms with Gasteiger partial charge in [0.15, 0.2) is 0 Å². The van der Waals surface area contributed by atoms with E-state index < -0.39 is 0 Å². The number of hydrogen-bond donors (Lipinski definition) is 3. The van der Waals surface area contributed by atoms with Gasteiger partial charge in [-0.15, -0.1) is 0 Å². The van der Waals surface area contributed by atoms with E-state index in [0.29, 0.717) is 23.5 Å². The highest BCUT2D eigenvalue weighted by molar-refractivity contribution is 6.02. The summed E-state index contributed by atoms with van der Waals surface area (Å²) in [6.07, 6.45) is 0.630. The zero-order valence-electron chi connectivity index (χ0n) is 15.1. The number of aromatic nitrogens is 2. The molecule has 0 spiro atoms. The van der Waals surface area contributed by atoms with Gasteiger partial charge in [-0.25, -0.2) is 5.43 Å². The smallest absolute Gasteiger partial charge is 0.289 e. The van der Waals surface area contributed by atoms with E-state index in [9.17, 15) is 9.90 Å². The van der Waals surface area contributed by atoms with Gasteiger partial charge in [0.05, 0.1) is 18.5 Å². The molecular weight excluding hydrogens is 344 g/mol. The van der Waals surface area contributed by atoms with Gasteiger partial charge >= 0.3 is 0 Å². The Kier molecular flexibility index (Phi) is 5.51. The number of amides is 1. The molecule has 0 saturated heterocycles. The molecule has 7 nitrogen and oxygen atoms in total. The molecule has 0 atom stereocenters. The highest BCUT2D eigenvalue weighted by Crippen LogP contribution is 2.21. The number of carbonyl (C=O) groups excluding carboxylic acids is 1. The van der Waals surface area contributed by atoms with Crippen molar-refractivity contribution in [3.05, 3.63) is 65.9 Å². The molecule has 1 amide bonds. The Bertz CT molecular complexity index is 944. The third-order valence-electron chi connectivity index (χ3n) is 4.04. The summed E-state index contributed by atoms with van der Waals surface area (Å²) in [4.78, 5) is 12.3. The zero-order chi connectivity index (χ0) is 19.2. The Labute approximate surface area is 156 Å². The fraction of sp³-hybridized carbons (Fsp3) is 0.150. The van der Waals surface area contributed by atoms with Crippen molar-refractivity contribution in [1.29, 1.82) is 0 Å². The van der Waals surface area contributed by atoms with Crippen LogP contribution >= 0.6 is 0 Å². The molecule has 1 heterocycles. The van der Waals surface area contributed by atoms with Crippen LogP contribution in [0.4, 0.5) is 0 Å². The first-order chi connectivity index (χ1) is 13.1. The quantitative estimate of drug-likeness (QED) is 0.461. The van der Waals surface area contributed by atoms with Gasteiger partial charge in [0.2, 0.25) is 0 Å². The Morgan fingerprint density at radius 3 is 2.52 bits per heavy atom. The van der Waals surface area contributed by atoms with Gasteiger partial charge in [0.25, 0.3) is 5.91 Å². The minimum absolute atomic E-state index is 0.182.